The number of amides is 2. The van der Waals surface area contributed by atoms with Gasteiger partial charge in [-0.15, -0.1) is 0 Å². The molecule has 0 radical (unpaired) electrons. The molecule has 4 rings (SSSR count). The number of fused-ring (bicyclic) bond motifs is 1. The summed E-state index contributed by atoms with van der Waals surface area (Å²) >= 11 is 0. The summed E-state index contributed by atoms with van der Waals surface area (Å²) < 4.78 is 11.1. The summed E-state index contributed by atoms with van der Waals surface area (Å²) in [6, 6.07) is 5.36. The van der Waals surface area contributed by atoms with Crippen molar-refractivity contribution in [3.63, 3.8) is 0 Å². The number of rotatable bonds is 3. The van der Waals surface area contributed by atoms with E-state index in [1.165, 1.54) is 6.42 Å². The Bertz CT molecular complexity index is 694. The van der Waals surface area contributed by atoms with Gasteiger partial charge in [0.15, 0.2) is 11.5 Å². The molecule has 0 bridgehead atoms. The Hall–Kier alpha value is -2.28. The fourth-order valence-corrected chi connectivity index (χ4v) is 3.90. The lowest BCUT2D eigenvalue weighted by atomic mass is 10.1. The quantitative estimate of drug-likeness (QED) is 0.798. The standard InChI is InChI=1S/C20H27N3O4/c24-19(22-6-2-1-3-7-22)15-21-8-10-23(11-9-21)20(25)16-4-5-17-18(14-16)27-13-12-26-17/h4-5,14H,1-3,6-13,15H2. The summed E-state index contributed by atoms with van der Waals surface area (Å²) in [5.41, 5.74) is 0.622. The summed E-state index contributed by atoms with van der Waals surface area (Å²) in [5.74, 6) is 1.56. The van der Waals surface area contributed by atoms with E-state index in [2.05, 4.69) is 4.90 Å². The molecular weight excluding hydrogens is 346 g/mol. The van der Waals surface area contributed by atoms with Gasteiger partial charge in [0.2, 0.25) is 5.91 Å². The topological polar surface area (TPSA) is 62.3 Å². The highest BCUT2D eigenvalue weighted by Gasteiger charge is 2.26. The first-order valence-corrected chi connectivity index (χ1v) is 9.90. The maximum atomic E-state index is 12.8. The van der Waals surface area contributed by atoms with E-state index >= 15 is 0 Å². The highest BCUT2D eigenvalue weighted by Crippen LogP contribution is 2.31. The number of ether oxygens (including phenoxy) is 2. The minimum atomic E-state index is 0.00832. The zero-order chi connectivity index (χ0) is 18.6. The first-order valence-electron chi connectivity index (χ1n) is 9.90. The van der Waals surface area contributed by atoms with Crippen molar-refractivity contribution in [1.82, 2.24) is 14.7 Å². The number of nitrogens with zero attached hydrogens (tertiary/aromatic N) is 3. The zero-order valence-corrected chi connectivity index (χ0v) is 15.7. The molecule has 0 N–H and O–H groups in total. The number of likely N-dealkylation sites (tertiary alicyclic amines) is 1. The van der Waals surface area contributed by atoms with Gasteiger partial charge in [-0.25, -0.2) is 0 Å². The summed E-state index contributed by atoms with van der Waals surface area (Å²) in [7, 11) is 0. The Morgan fingerprint density at radius 1 is 0.815 bits per heavy atom. The molecule has 0 saturated carbocycles. The normalized spacial score (nSPS) is 20.4. The second-order valence-electron chi connectivity index (χ2n) is 7.37. The zero-order valence-electron chi connectivity index (χ0n) is 15.7. The van der Waals surface area contributed by atoms with E-state index in [9.17, 15) is 9.59 Å². The first kappa shape index (κ1) is 18.1. The summed E-state index contributed by atoms with van der Waals surface area (Å²) in [4.78, 5) is 31.2. The molecule has 0 aromatic heterocycles. The molecule has 1 aromatic rings. The molecule has 2 fully saturated rings. The van der Waals surface area contributed by atoms with Crippen molar-refractivity contribution in [2.45, 2.75) is 19.3 Å². The number of piperazine rings is 1. The minimum Gasteiger partial charge on any atom is -0.486 e. The third-order valence-electron chi connectivity index (χ3n) is 5.52. The van der Waals surface area contributed by atoms with Crippen LogP contribution in [0.3, 0.4) is 0 Å². The number of hydrogen-bond acceptors (Lipinski definition) is 5. The van der Waals surface area contributed by atoms with E-state index < -0.39 is 0 Å². The van der Waals surface area contributed by atoms with Gasteiger partial charge in [-0.2, -0.15) is 0 Å². The van der Waals surface area contributed by atoms with Crippen LogP contribution in [-0.4, -0.2) is 85.5 Å². The molecule has 2 amide bonds. The van der Waals surface area contributed by atoms with Crippen LogP contribution in [-0.2, 0) is 4.79 Å². The molecule has 3 aliphatic rings. The molecule has 3 heterocycles. The van der Waals surface area contributed by atoms with Crippen molar-refractivity contribution >= 4 is 11.8 Å². The van der Waals surface area contributed by atoms with Crippen LogP contribution in [0.1, 0.15) is 29.6 Å². The van der Waals surface area contributed by atoms with Crippen LogP contribution in [0.5, 0.6) is 11.5 Å². The summed E-state index contributed by atoms with van der Waals surface area (Å²) in [5, 5.41) is 0. The SMILES string of the molecule is O=C(CN1CCN(C(=O)c2ccc3c(c2)OCCO3)CC1)N1CCCCC1. The predicted molar refractivity (Wildman–Crippen MR) is 100 cm³/mol. The van der Waals surface area contributed by atoms with Crippen molar-refractivity contribution in [2.24, 2.45) is 0 Å². The lowest BCUT2D eigenvalue weighted by Crippen LogP contribution is -2.52. The van der Waals surface area contributed by atoms with Gasteiger partial charge < -0.3 is 19.3 Å². The molecule has 7 heteroatoms. The monoisotopic (exact) mass is 373 g/mol. The van der Waals surface area contributed by atoms with Gasteiger partial charge in [-0.05, 0) is 37.5 Å². The molecule has 0 spiro atoms. The van der Waals surface area contributed by atoms with Gasteiger partial charge in [0.05, 0.1) is 6.54 Å². The van der Waals surface area contributed by atoms with Crippen LogP contribution in [0, 0.1) is 0 Å². The van der Waals surface area contributed by atoms with Crippen molar-refractivity contribution < 1.29 is 19.1 Å². The van der Waals surface area contributed by atoms with E-state index in [4.69, 9.17) is 9.47 Å². The van der Waals surface area contributed by atoms with E-state index in [-0.39, 0.29) is 11.8 Å². The molecule has 0 atom stereocenters. The highest BCUT2D eigenvalue weighted by atomic mass is 16.6. The molecule has 1 aromatic carbocycles. The van der Waals surface area contributed by atoms with Gasteiger partial charge in [-0.3, -0.25) is 14.5 Å². The molecular formula is C20H27N3O4. The Labute approximate surface area is 159 Å². The average molecular weight is 373 g/mol. The molecule has 3 aliphatic heterocycles. The maximum Gasteiger partial charge on any atom is 0.254 e. The van der Waals surface area contributed by atoms with E-state index in [0.717, 1.165) is 39.0 Å². The van der Waals surface area contributed by atoms with E-state index in [1.807, 2.05) is 9.80 Å². The van der Waals surface area contributed by atoms with E-state index in [1.54, 1.807) is 18.2 Å². The first-order chi connectivity index (χ1) is 13.2. The maximum absolute atomic E-state index is 12.8. The third-order valence-corrected chi connectivity index (χ3v) is 5.52. The van der Waals surface area contributed by atoms with Crippen LogP contribution >= 0.6 is 0 Å². The number of carbonyl (C=O) groups is 2. The molecule has 7 nitrogen and oxygen atoms in total. The Kier molecular flexibility index (Phi) is 5.48. The van der Waals surface area contributed by atoms with Crippen molar-refractivity contribution in [3.05, 3.63) is 23.8 Å². The van der Waals surface area contributed by atoms with Crippen LogP contribution in [0.4, 0.5) is 0 Å². The van der Waals surface area contributed by atoms with Gasteiger partial charge in [0, 0.05) is 44.8 Å². The second-order valence-corrected chi connectivity index (χ2v) is 7.37. The molecule has 146 valence electrons. The number of hydrogen-bond donors (Lipinski definition) is 0. The van der Waals surface area contributed by atoms with Gasteiger partial charge in [0.25, 0.3) is 5.91 Å². The molecule has 0 aliphatic carbocycles. The number of benzene rings is 1. The van der Waals surface area contributed by atoms with Crippen molar-refractivity contribution in [3.8, 4) is 11.5 Å². The Balaban J connectivity index is 1.29. The van der Waals surface area contributed by atoms with Gasteiger partial charge in [-0.1, -0.05) is 0 Å². The lowest BCUT2D eigenvalue weighted by Gasteiger charge is -2.36. The largest absolute Gasteiger partial charge is 0.486 e. The summed E-state index contributed by atoms with van der Waals surface area (Å²) in [6.07, 6.45) is 3.46. The average Bonchev–Trinajstić information content (AvgIpc) is 2.74. The highest BCUT2D eigenvalue weighted by molar-refractivity contribution is 5.95. The summed E-state index contributed by atoms with van der Waals surface area (Å²) in [6.45, 7) is 6.04. The van der Waals surface area contributed by atoms with E-state index in [0.29, 0.717) is 49.9 Å². The van der Waals surface area contributed by atoms with Gasteiger partial charge >= 0.3 is 0 Å². The smallest absolute Gasteiger partial charge is 0.254 e. The number of piperidine rings is 1. The fraction of sp³-hybridized carbons (Fsp3) is 0.600. The number of carbonyl (C=O) groups excluding carboxylic acids is 2. The van der Waals surface area contributed by atoms with Gasteiger partial charge in [0.1, 0.15) is 13.2 Å². The Morgan fingerprint density at radius 3 is 2.26 bits per heavy atom. The van der Waals surface area contributed by atoms with Crippen molar-refractivity contribution in [2.75, 3.05) is 59.0 Å². The molecule has 27 heavy (non-hydrogen) atoms. The minimum absolute atomic E-state index is 0.00832. The van der Waals surface area contributed by atoms with Crippen LogP contribution < -0.4 is 9.47 Å². The van der Waals surface area contributed by atoms with Crippen LogP contribution in [0.25, 0.3) is 0 Å². The van der Waals surface area contributed by atoms with Crippen LogP contribution in [0.15, 0.2) is 18.2 Å². The fourth-order valence-electron chi connectivity index (χ4n) is 3.90. The van der Waals surface area contributed by atoms with Crippen LogP contribution in [0.2, 0.25) is 0 Å². The second kappa shape index (κ2) is 8.17. The molecule has 2 saturated heterocycles. The van der Waals surface area contributed by atoms with Crippen molar-refractivity contribution in [1.29, 1.82) is 0 Å². The third kappa shape index (κ3) is 4.18. The molecule has 0 unspecified atom stereocenters. The lowest BCUT2D eigenvalue weighted by molar-refractivity contribution is -0.133. The predicted octanol–water partition coefficient (Wildman–Crippen LogP) is 1.23. The Morgan fingerprint density at radius 2 is 1.52 bits per heavy atom.